The van der Waals surface area contributed by atoms with Gasteiger partial charge in [-0.05, 0) is 25.0 Å². The molecule has 0 unspecified atom stereocenters. The van der Waals surface area contributed by atoms with Gasteiger partial charge >= 0.3 is 0 Å². The second-order valence-electron chi connectivity index (χ2n) is 3.63. The van der Waals surface area contributed by atoms with Crippen molar-refractivity contribution >= 4 is 0 Å². The molecule has 15 heavy (non-hydrogen) atoms. The van der Waals surface area contributed by atoms with Gasteiger partial charge in [-0.1, -0.05) is 23.4 Å². The molecule has 1 aromatic carbocycles. The maximum atomic E-state index is 5.48. The normalized spacial score (nSPS) is 10.6. The summed E-state index contributed by atoms with van der Waals surface area (Å²) in [5.74, 6) is 0.714. The molecule has 0 aliphatic rings. The van der Waals surface area contributed by atoms with E-state index in [0.29, 0.717) is 12.3 Å². The second kappa shape index (κ2) is 3.87. The van der Waals surface area contributed by atoms with Gasteiger partial charge in [0.15, 0.2) is 5.76 Å². The summed E-state index contributed by atoms with van der Waals surface area (Å²) in [6, 6.07) is 8.04. The van der Waals surface area contributed by atoms with Gasteiger partial charge in [0.1, 0.15) is 5.69 Å². The van der Waals surface area contributed by atoms with E-state index in [9.17, 15) is 0 Å². The molecule has 0 amide bonds. The van der Waals surface area contributed by atoms with Crippen molar-refractivity contribution in [3.63, 3.8) is 0 Å². The topological polar surface area (TPSA) is 52.0 Å². The molecule has 0 radical (unpaired) electrons. The highest BCUT2D eigenvalue weighted by atomic mass is 16.5. The number of nitrogens with zero attached hydrogens (tertiary/aromatic N) is 1. The Kier molecular flexibility index (Phi) is 2.56. The molecule has 3 nitrogen and oxygen atoms in total. The van der Waals surface area contributed by atoms with Crippen molar-refractivity contribution in [2.75, 3.05) is 0 Å². The van der Waals surface area contributed by atoms with E-state index in [1.807, 2.05) is 18.2 Å². The third kappa shape index (κ3) is 1.78. The van der Waals surface area contributed by atoms with E-state index >= 15 is 0 Å². The van der Waals surface area contributed by atoms with Crippen molar-refractivity contribution in [3.05, 3.63) is 41.2 Å². The van der Waals surface area contributed by atoms with Gasteiger partial charge < -0.3 is 10.3 Å². The van der Waals surface area contributed by atoms with Gasteiger partial charge in [-0.15, -0.1) is 0 Å². The number of aryl methyl sites for hydroxylation is 1. The zero-order chi connectivity index (χ0) is 10.8. The van der Waals surface area contributed by atoms with Crippen molar-refractivity contribution < 1.29 is 4.52 Å². The fraction of sp³-hybridized carbons (Fsp3) is 0.250. The molecule has 2 rings (SSSR count). The monoisotopic (exact) mass is 202 g/mol. The molecule has 3 heteroatoms. The first-order valence-electron chi connectivity index (χ1n) is 4.94. The van der Waals surface area contributed by atoms with Crippen LogP contribution < -0.4 is 5.73 Å². The number of benzene rings is 1. The Labute approximate surface area is 88.9 Å². The highest BCUT2D eigenvalue weighted by molar-refractivity contribution is 5.64. The molecule has 0 fully saturated rings. The van der Waals surface area contributed by atoms with Crippen LogP contribution in [0.1, 0.15) is 16.9 Å². The lowest BCUT2D eigenvalue weighted by Gasteiger charge is -2.04. The lowest BCUT2D eigenvalue weighted by molar-refractivity contribution is 0.387. The van der Waals surface area contributed by atoms with Gasteiger partial charge in [0, 0.05) is 11.6 Å². The van der Waals surface area contributed by atoms with Crippen molar-refractivity contribution in [1.82, 2.24) is 5.16 Å². The van der Waals surface area contributed by atoms with Crippen LogP contribution >= 0.6 is 0 Å². The predicted molar refractivity (Wildman–Crippen MR) is 59.3 cm³/mol. The van der Waals surface area contributed by atoms with Crippen LogP contribution in [0, 0.1) is 13.8 Å². The quantitative estimate of drug-likeness (QED) is 0.813. The van der Waals surface area contributed by atoms with Crippen LogP contribution in [-0.2, 0) is 6.54 Å². The molecule has 0 aliphatic carbocycles. The molecule has 0 aliphatic heterocycles. The Morgan fingerprint density at radius 3 is 2.80 bits per heavy atom. The first-order chi connectivity index (χ1) is 7.22. The summed E-state index contributed by atoms with van der Waals surface area (Å²) < 4.78 is 5.09. The highest BCUT2D eigenvalue weighted by Crippen LogP contribution is 2.24. The average molecular weight is 202 g/mol. The molecule has 1 heterocycles. The van der Waals surface area contributed by atoms with E-state index in [2.05, 4.69) is 25.1 Å². The van der Waals surface area contributed by atoms with Crippen LogP contribution in [0.25, 0.3) is 11.3 Å². The molecular weight excluding hydrogens is 188 g/mol. The third-order valence-corrected chi connectivity index (χ3v) is 2.64. The van der Waals surface area contributed by atoms with Gasteiger partial charge in [-0.3, -0.25) is 0 Å². The van der Waals surface area contributed by atoms with Crippen LogP contribution in [0.5, 0.6) is 0 Å². The van der Waals surface area contributed by atoms with Crippen LogP contribution in [0.4, 0.5) is 0 Å². The summed E-state index contributed by atoms with van der Waals surface area (Å²) in [5, 5.41) is 4.00. The Hall–Kier alpha value is -1.61. The van der Waals surface area contributed by atoms with Crippen molar-refractivity contribution in [1.29, 1.82) is 0 Å². The zero-order valence-electron chi connectivity index (χ0n) is 8.95. The van der Waals surface area contributed by atoms with Crippen molar-refractivity contribution in [2.45, 2.75) is 20.4 Å². The van der Waals surface area contributed by atoms with Crippen LogP contribution in [0.2, 0.25) is 0 Å². The molecule has 78 valence electrons. The van der Waals surface area contributed by atoms with Gasteiger partial charge in [-0.25, -0.2) is 0 Å². The summed E-state index contributed by atoms with van der Waals surface area (Å²) in [6.45, 7) is 4.56. The zero-order valence-corrected chi connectivity index (χ0v) is 8.95. The maximum absolute atomic E-state index is 5.48. The minimum Gasteiger partial charge on any atom is -0.359 e. The number of hydrogen-bond donors (Lipinski definition) is 1. The van der Waals surface area contributed by atoms with E-state index in [1.165, 1.54) is 11.1 Å². The molecule has 0 saturated heterocycles. The molecule has 0 saturated carbocycles. The maximum Gasteiger partial charge on any atom is 0.150 e. The average Bonchev–Trinajstić information content (AvgIpc) is 2.70. The second-order valence-corrected chi connectivity index (χ2v) is 3.63. The van der Waals surface area contributed by atoms with E-state index in [1.54, 1.807) is 0 Å². The Morgan fingerprint density at radius 2 is 2.13 bits per heavy atom. The number of nitrogens with two attached hydrogens (primary N) is 1. The van der Waals surface area contributed by atoms with Crippen LogP contribution in [0.3, 0.4) is 0 Å². The van der Waals surface area contributed by atoms with Crippen LogP contribution in [-0.4, -0.2) is 5.16 Å². The first-order valence-corrected chi connectivity index (χ1v) is 4.94. The summed E-state index contributed by atoms with van der Waals surface area (Å²) in [4.78, 5) is 0. The fourth-order valence-electron chi connectivity index (χ4n) is 1.56. The summed E-state index contributed by atoms with van der Waals surface area (Å²) >= 11 is 0. The van der Waals surface area contributed by atoms with Gasteiger partial charge in [0.25, 0.3) is 0 Å². The highest BCUT2D eigenvalue weighted by Gasteiger charge is 2.08. The third-order valence-electron chi connectivity index (χ3n) is 2.64. The van der Waals surface area contributed by atoms with Gasteiger partial charge in [0.05, 0.1) is 6.54 Å². The Bertz CT molecular complexity index is 474. The lowest BCUT2D eigenvalue weighted by Crippen LogP contribution is -1.92. The molecule has 0 atom stereocenters. The fourth-order valence-corrected chi connectivity index (χ4v) is 1.56. The van der Waals surface area contributed by atoms with Gasteiger partial charge in [0.2, 0.25) is 0 Å². The standard InChI is InChI=1S/C12H14N2O/c1-8-4-3-5-11(9(8)2)12-6-10(7-13)15-14-12/h3-6H,7,13H2,1-2H3. The predicted octanol–water partition coefficient (Wildman–Crippen LogP) is 2.42. The molecule has 0 bridgehead atoms. The van der Waals surface area contributed by atoms with Crippen LogP contribution in [0.15, 0.2) is 28.8 Å². The summed E-state index contributed by atoms with van der Waals surface area (Å²) in [5.41, 5.74) is 9.93. The van der Waals surface area contributed by atoms with E-state index in [0.717, 1.165) is 11.3 Å². The molecule has 2 N–H and O–H groups in total. The molecular formula is C12H14N2O. The van der Waals surface area contributed by atoms with E-state index < -0.39 is 0 Å². The SMILES string of the molecule is Cc1cccc(-c2cc(CN)on2)c1C. The number of hydrogen-bond acceptors (Lipinski definition) is 3. The smallest absolute Gasteiger partial charge is 0.150 e. The Morgan fingerprint density at radius 1 is 1.33 bits per heavy atom. The minimum atomic E-state index is 0.387. The van der Waals surface area contributed by atoms with Gasteiger partial charge in [-0.2, -0.15) is 0 Å². The Balaban J connectivity index is 2.49. The van der Waals surface area contributed by atoms with Crippen molar-refractivity contribution in [3.8, 4) is 11.3 Å². The summed E-state index contributed by atoms with van der Waals surface area (Å²) in [6.07, 6.45) is 0. The lowest BCUT2D eigenvalue weighted by atomic mass is 10.0. The van der Waals surface area contributed by atoms with E-state index in [-0.39, 0.29) is 0 Å². The first kappa shape index (κ1) is 9.93. The van der Waals surface area contributed by atoms with Crippen molar-refractivity contribution in [2.24, 2.45) is 5.73 Å². The molecule has 1 aromatic heterocycles. The number of aromatic nitrogens is 1. The minimum absolute atomic E-state index is 0.387. The molecule has 0 spiro atoms. The van der Waals surface area contributed by atoms with E-state index in [4.69, 9.17) is 10.3 Å². The largest absolute Gasteiger partial charge is 0.359 e. The number of rotatable bonds is 2. The summed E-state index contributed by atoms with van der Waals surface area (Å²) in [7, 11) is 0. The molecule has 2 aromatic rings.